The molecule has 1 aromatic rings. The van der Waals surface area contributed by atoms with E-state index in [-0.39, 0.29) is 17.1 Å². The van der Waals surface area contributed by atoms with E-state index in [1.54, 1.807) is 0 Å². The quantitative estimate of drug-likeness (QED) is 0.636. The summed E-state index contributed by atoms with van der Waals surface area (Å²) in [5, 5.41) is 0. The Morgan fingerprint density at radius 3 is 2.67 bits per heavy atom. The van der Waals surface area contributed by atoms with Crippen molar-refractivity contribution in [2.24, 2.45) is 0 Å². The van der Waals surface area contributed by atoms with Gasteiger partial charge in [-0.3, -0.25) is 0 Å². The monoisotopic (exact) mass is 272 g/mol. The van der Waals surface area contributed by atoms with Crippen LogP contribution >= 0.6 is 0 Å². The number of anilines is 1. The molecule has 0 saturated carbocycles. The number of nitrogen functional groups attached to an aromatic ring is 1. The van der Waals surface area contributed by atoms with E-state index in [4.69, 9.17) is 5.73 Å². The molecule has 0 spiro atoms. The summed E-state index contributed by atoms with van der Waals surface area (Å²) in [5.41, 5.74) is 5.59. The van der Waals surface area contributed by atoms with Crippen LogP contribution in [0.15, 0.2) is 35.7 Å². The summed E-state index contributed by atoms with van der Waals surface area (Å²) >= 11 is 0. The van der Waals surface area contributed by atoms with Crippen LogP contribution in [0.3, 0.4) is 0 Å². The minimum Gasteiger partial charge on any atom is -0.399 e. The SMILES string of the molecule is C=CCN(CCC)S(=O)(=O)c1ccc(N)cc1F. The van der Waals surface area contributed by atoms with E-state index in [9.17, 15) is 12.8 Å². The van der Waals surface area contributed by atoms with Crippen molar-refractivity contribution in [1.82, 2.24) is 4.31 Å². The Kier molecular flexibility index (Phi) is 4.86. The molecule has 0 fully saturated rings. The number of hydrogen-bond acceptors (Lipinski definition) is 3. The fraction of sp³-hybridized carbons (Fsp3) is 0.333. The zero-order valence-corrected chi connectivity index (χ0v) is 11.1. The lowest BCUT2D eigenvalue weighted by Crippen LogP contribution is -2.32. The van der Waals surface area contributed by atoms with Gasteiger partial charge in [0.25, 0.3) is 0 Å². The molecule has 100 valence electrons. The smallest absolute Gasteiger partial charge is 0.246 e. The third-order valence-corrected chi connectivity index (χ3v) is 4.28. The van der Waals surface area contributed by atoms with Gasteiger partial charge in [-0.25, -0.2) is 12.8 Å². The minimum atomic E-state index is -3.84. The van der Waals surface area contributed by atoms with E-state index in [1.165, 1.54) is 22.5 Å². The molecule has 0 unspecified atom stereocenters. The number of nitrogens with two attached hydrogens (primary N) is 1. The molecule has 0 amide bonds. The average Bonchev–Trinajstić information content (AvgIpc) is 2.28. The second kappa shape index (κ2) is 5.97. The summed E-state index contributed by atoms with van der Waals surface area (Å²) in [5.74, 6) is -0.833. The van der Waals surface area contributed by atoms with Crippen LogP contribution in [-0.4, -0.2) is 25.8 Å². The van der Waals surface area contributed by atoms with Crippen molar-refractivity contribution in [3.8, 4) is 0 Å². The highest BCUT2D eigenvalue weighted by Crippen LogP contribution is 2.21. The predicted octanol–water partition coefficient (Wildman–Crippen LogP) is 1.99. The van der Waals surface area contributed by atoms with Crippen molar-refractivity contribution in [3.05, 3.63) is 36.7 Å². The zero-order valence-electron chi connectivity index (χ0n) is 10.3. The largest absolute Gasteiger partial charge is 0.399 e. The highest BCUT2D eigenvalue weighted by Gasteiger charge is 2.25. The van der Waals surface area contributed by atoms with Crippen LogP contribution in [0.5, 0.6) is 0 Å². The van der Waals surface area contributed by atoms with Crippen LogP contribution in [0.2, 0.25) is 0 Å². The average molecular weight is 272 g/mol. The molecule has 2 N–H and O–H groups in total. The van der Waals surface area contributed by atoms with Crippen LogP contribution in [0.25, 0.3) is 0 Å². The van der Waals surface area contributed by atoms with Gasteiger partial charge in [-0.15, -0.1) is 6.58 Å². The van der Waals surface area contributed by atoms with Gasteiger partial charge in [0.05, 0.1) is 0 Å². The molecule has 4 nitrogen and oxygen atoms in total. The molecule has 0 aliphatic heterocycles. The first kappa shape index (κ1) is 14.7. The van der Waals surface area contributed by atoms with Crippen LogP contribution in [0.4, 0.5) is 10.1 Å². The summed E-state index contributed by atoms with van der Waals surface area (Å²) in [6, 6.07) is 3.56. The maximum Gasteiger partial charge on any atom is 0.246 e. The molecular formula is C12H17FN2O2S. The fourth-order valence-corrected chi connectivity index (χ4v) is 3.12. The van der Waals surface area contributed by atoms with Gasteiger partial charge in [0.1, 0.15) is 10.7 Å². The van der Waals surface area contributed by atoms with Crippen LogP contribution in [0.1, 0.15) is 13.3 Å². The summed E-state index contributed by atoms with van der Waals surface area (Å²) < 4.78 is 39.3. The zero-order chi connectivity index (χ0) is 13.8. The van der Waals surface area contributed by atoms with Gasteiger partial charge in [0.2, 0.25) is 10.0 Å². The molecule has 1 rings (SSSR count). The molecular weight excluding hydrogens is 255 g/mol. The lowest BCUT2D eigenvalue weighted by Gasteiger charge is -2.20. The Labute approximate surface area is 107 Å². The van der Waals surface area contributed by atoms with Gasteiger partial charge >= 0.3 is 0 Å². The van der Waals surface area contributed by atoms with E-state index in [2.05, 4.69) is 6.58 Å². The second-order valence-electron chi connectivity index (χ2n) is 3.84. The van der Waals surface area contributed by atoms with E-state index in [0.29, 0.717) is 13.0 Å². The van der Waals surface area contributed by atoms with Crippen molar-refractivity contribution in [2.75, 3.05) is 18.8 Å². The number of rotatable bonds is 6. The lowest BCUT2D eigenvalue weighted by molar-refractivity contribution is 0.436. The minimum absolute atomic E-state index is 0.153. The highest BCUT2D eigenvalue weighted by atomic mass is 32.2. The van der Waals surface area contributed by atoms with Crippen molar-refractivity contribution in [2.45, 2.75) is 18.2 Å². The molecule has 0 heterocycles. The summed E-state index contributed by atoms with van der Waals surface area (Å²) in [7, 11) is -3.84. The van der Waals surface area contributed by atoms with Crippen LogP contribution in [-0.2, 0) is 10.0 Å². The highest BCUT2D eigenvalue weighted by molar-refractivity contribution is 7.89. The lowest BCUT2D eigenvalue weighted by atomic mass is 10.3. The number of nitrogens with zero attached hydrogens (tertiary/aromatic N) is 1. The predicted molar refractivity (Wildman–Crippen MR) is 70.1 cm³/mol. The maximum absolute atomic E-state index is 13.7. The molecule has 0 aliphatic carbocycles. The number of benzene rings is 1. The molecule has 0 aromatic heterocycles. The number of hydrogen-bond donors (Lipinski definition) is 1. The Morgan fingerprint density at radius 1 is 1.50 bits per heavy atom. The van der Waals surface area contributed by atoms with Gasteiger partial charge in [-0.05, 0) is 24.6 Å². The molecule has 6 heteroatoms. The first-order valence-electron chi connectivity index (χ1n) is 5.59. The topological polar surface area (TPSA) is 63.4 Å². The van der Waals surface area contributed by atoms with Gasteiger partial charge < -0.3 is 5.73 Å². The van der Waals surface area contributed by atoms with Gasteiger partial charge in [0, 0.05) is 18.8 Å². The van der Waals surface area contributed by atoms with E-state index in [0.717, 1.165) is 6.07 Å². The molecule has 18 heavy (non-hydrogen) atoms. The van der Waals surface area contributed by atoms with Crippen molar-refractivity contribution in [1.29, 1.82) is 0 Å². The van der Waals surface area contributed by atoms with Crippen LogP contribution < -0.4 is 5.73 Å². The summed E-state index contributed by atoms with van der Waals surface area (Å²) in [6.45, 7) is 5.83. The molecule has 1 aromatic carbocycles. The molecule has 0 aliphatic rings. The first-order chi connectivity index (χ1) is 8.43. The molecule has 0 saturated heterocycles. The molecule has 0 bridgehead atoms. The summed E-state index contributed by atoms with van der Waals surface area (Å²) in [4.78, 5) is -0.355. The normalized spacial score (nSPS) is 11.7. The van der Waals surface area contributed by atoms with E-state index in [1.807, 2.05) is 6.92 Å². The standard InChI is InChI=1S/C12H17FN2O2S/c1-3-7-15(8-4-2)18(16,17)12-6-5-10(14)9-11(12)13/h3,5-6,9H,1,4,7-8,14H2,2H3. The Hall–Kier alpha value is -1.40. The Morgan fingerprint density at radius 2 is 2.17 bits per heavy atom. The molecule has 0 atom stereocenters. The number of halogens is 1. The van der Waals surface area contributed by atoms with Gasteiger partial charge in [-0.1, -0.05) is 13.0 Å². The van der Waals surface area contributed by atoms with Gasteiger partial charge in [0.15, 0.2) is 0 Å². The van der Waals surface area contributed by atoms with E-state index >= 15 is 0 Å². The Bertz CT molecular complexity index is 529. The third kappa shape index (κ3) is 3.08. The number of sulfonamides is 1. The van der Waals surface area contributed by atoms with Crippen LogP contribution in [0, 0.1) is 5.82 Å². The van der Waals surface area contributed by atoms with Crippen molar-refractivity contribution >= 4 is 15.7 Å². The summed E-state index contributed by atoms with van der Waals surface area (Å²) in [6.07, 6.45) is 2.12. The van der Waals surface area contributed by atoms with Crippen molar-refractivity contribution < 1.29 is 12.8 Å². The first-order valence-corrected chi connectivity index (χ1v) is 7.03. The fourth-order valence-electron chi connectivity index (χ4n) is 1.57. The van der Waals surface area contributed by atoms with Crippen molar-refractivity contribution in [3.63, 3.8) is 0 Å². The maximum atomic E-state index is 13.7. The molecule has 0 radical (unpaired) electrons. The Balaban J connectivity index is 3.21. The van der Waals surface area contributed by atoms with E-state index < -0.39 is 15.8 Å². The second-order valence-corrected chi connectivity index (χ2v) is 5.75. The third-order valence-electron chi connectivity index (χ3n) is 2.38. The van der Waals surface area contributed by atoms with Gasteiger partial charge in [-0.2, -0.15) is 4.31 Å².